The normalized spacial score (nSPS) is 21.6. The summed E-state index contributed by atoms with van der Waals surface area (Å²) in [5.74, 6) is 0.330. The second-order valence-corrected chi connectivity index (χ2v) is 7.29. The van der Waals surface area contributed by atoms with E-state index in [-0.39, 0.29) is 5.25 Å². The van der Waals surface area contributed by atoms with Crippen molar-refractivity contribution in [2.75, 3.05) is 17.6 Å². The lowest BCUT2D eigenvalue weighted by Crippen LogP contribution is -2.25. The Morgan fingerprint density at radius 1 is 1.26 bits per heavy atom. The SMILES string of the molecule is O=S1(=O)CCCC1CNc1ccnc2ccccc12. The number of sulfone groups is 1. The van der Waals surface area contributed by atoms with E-state index in [0.29, 0.717) is 12.3 Å². The van der Waals surface area contributed by atoms with Gasteiger partial charge in [0.25, 0.3) is 0 Å². The number of para-hydroxylation sites is 1. The number of nitrogens with zero attached hydrogens (tertiary/aromatic N) is 1. The Morgan fingerprint density at radius 2 is 2.11 bits per heavy atom. The first-order chi connectivity index (χ1) is 9.17. The number of anilines is 1. The van der Waals surface area contributed by atoms with Gasteiger partial charge in [0.1, 0.15) is 0 Å². The van der Waals surface area contributed by atoms with Gasteiger partial charge < -0.3 is 5.32 Å². The van der Waals surface area contributed by atoms with Crippen molar-refractivity contribution < 1.29 is 8.42 Å². The van der Waals surface area contributed by atoms with Gasteiger partial charge in [-0.05, 0) is 25.0 Å². The van der Waals surface area contributed by atoms with Crippen LogP contribution >= 0.6 is 0 Å². The molecular formula is C14H16N2O2S. The van der Waals surface area contributed by atoms with Gasteiger partial charge in [0, 0.05) is 23.8 Å². The van der Waals surface area contributed by atoms with Gasteiger partial charge in [0.2, 0.25) is 0 Å². The molecule has 100 valence electrons. The number of nitrogens with one attached hydrogen (secondary N) is 1. The molecule has 1 unspecified atom stereocenters. The predicted octanol–water partition coefficient (Wildman–Crippen LogP) is 2.22. The largest absolute Gasteiger partial charge is 0.383 e. The molecule has 1 aromatic heterocycles. The molecule has 3 rings (SSSR count). The summed E-state index contributed by atoms with van der Waals surface area (Å²) in [4.78, 5) is 4.29. The van der Waals surface area contributed by atoms with E-state index >= 15 is 0 Å². The van der Waals surface area contributed by atoms with Crippen LogP contribution in [0.3, 0.4) is 0 Å². The van der Waals surface area contributed by atoms with Crippen LogP contribution in [-0.2, 0) is 9.84 Å². The van der Waals surface area contributed by atoms with E-state index < -0.39 is 9.84 Å². The van der Waals surface area contributed by atoms with Gasteiger partial charge in [-0.15, -0.1) is 0 Å². The zero-order valence-corrected chi connectivity index (χ0v) is 11.4. The Bertz CT molecular complexity index is 692. The summed E-state index contributed by atoms with van der Waals surface area (Å²) in [5, 5.41) is 4.04. The van der Waals surface area contributed by atoms with Crippen molar-refractivity contribution in [1.82, 2.24) is 4.98 Å². The van der Waals surface area contributed by atoms with E-state index in [9.17, 15) is 8.42 Å². The predicted molar refractivity (Wildman–Crippen MR) is 77.0 cm³/mol. The maximum Gasteiger partial charge on any atom is 0.154 e. The molecule has 19 heavy (non-hydrogen) atoms. The molecule has 0 saturated carbocycles. The minimum atomic E-state index is -2.89. The van der Waals surface area contributed by atoms with E-state index in [2.05, 4.69) is 10.3 Å². The van der Waals surface area contributed by atoms with Crippen molar-refractivity contribution in [3.05, 3.63) is 36.5 Å². The third-order valence-electron chi connectivity index (χ3n) is 3.63. The number of rotatable bonds is 3. The lowest BCUT2D eigenvalue weighted by molar-refractivity contribution is 0.591. The zero-order chi connectivity index (χ0) is 13.3. The summed E-state index contributed by atoms with van der Waals surface area (Å²) in [6.45, 7) is 0.482. The fraction of sp³-hybridized carbons (Fsp3) is 0.357. The van der Waals surface area contributed by atoms with E-state index in [1.54, 1.807) is 6.20 Å². The van der Waals surface area contributed by atoms with E-state index in [1.165, 1.54) is 0 Å². The first-order valence-corrected chi connectivity index (χ1v) is 8.17. The molecule has 1 fully saturated rings. The monoisotopic (exact) mass is 276 g/mol. The second-order valence-electron chi connectivity index (χ2n) is 4.89. The molecule has 2 aromatic rings. The van der Waals surface area contributed by atoms with Crippen LogP contribution in [0.2, 0.25) is 0 Å². The minimum Gasteiger partial charge on any atom is -0.383 e. The first-order valence-electron chi connectivity index (χ1n) is 6.46. The van der Waals surface area contributed by atoms with E-state index in [0.717, 1.165) is 29.4 Å². The molecule has 2 heterocycles. The third-order valence-corrected chi connectivity index (χ3v) is 5.91. The highest BCUT2D eigenvalue weighted by Crippen LogP contribution is 2.24. The highest BCUT2D eigenvalue weighted by Gasteiger charge is 2.30. The smallest absolute Gasteiger partial charge is 0.154 e. The molecule has 0 aliphatic carbocycles. The number of hydrogen-bond donors (Lipinski definition) is 1. The van der Waals surface area contributed by atoms with Crippen LogP contribution in [0.1, 0.15) is 12.8 Å². The molecule has 0 bridgehead atoms. The topological polar surface area (TPSA) is 59.1 Å². The Hall–Kier alpha value is -1.62. The fourth-order valence-corrected chi connectivity index (χ4v) is 4.33. The number of benzene rings is 1. The highest BCUT2D eigenvalue weighted by atomic mass is 32.2. The van der Waals surface area contributed by atoms with Crippen LogP contribution in [0.15, 0.2) is 36.5 Å². The van der Waals surface area contributed by atoms with Crippen LogP contribution in [0.4, 0.5) is 5.69 Å². The number of aromatic nitrogens is 1. The Balaban J connectivity index is 1.83. The number of fused-ring (bicyclic) bond motifs is 1. The van der Waals surface area contributed by atoms with Gasteiger partial charge in [-0.1, -0.05) is 18.2 Å². The Labute approximate surface area is 112 Å². The van der Waals surface area contributed by atoms with Crippen molar-refractivity contribution in [3.8, 4) is 0 Å². The van der Waals surface area contributed by atoms with Crippen molar-refractivity contribution in [3.63, 3.8) is 0 Å². The van der Waals surface area contributed by atoms with E-state index in [4.69, 9.17) is 0 Å². The summed E-state index contributed by atoms with van der Waals surface area (Å²) in [7, 11) is -2.89. The molecule has 0 amide bonds. The van der Waals surface area contributed by atoms with Crippen LogP contribution in [0.5, 0.6) is 0 Å². The van der Waals surface area contributed by atoms with Crippen molar-refractivity contribution in [1.29, 1.82) is 0 Å². The van der Waals surface area contributed by atoms with Crippen LogP contribution in [-0.4, -0.2) is 30.9 Å². The number of pyridine rings is 1. The average Bonchev–Trinajstić information content (AvgIpc) is 2.75. The van der Waals surface area contributed by atoms with Gasteiger partial charge in [0.05, 0.1) is 16.5 Å². The molecule has 0 radical (unpaired) electrons. The lowest BCUT2D eigenvalue weighted by atomic mass is 10.2. The molecule has 1 saturated heterocycles. The van der Waals surface area contributed by atoms with Crippen LogP contribution in [0, 0.1) is 0 Å². The maximum absolute atomic E-state index is 11.8. The quantitative estimate of drug-likeness (QED) is 0.934. The molecule has 1 aliphatic rings. The van der Waals surface area contributed by atoms with Crippen molar-refractivity contribution in [2.24, 2.45) is 0 Å². The third kappa shape index (κ3) is 2.42. The van der Waals surface area contributed by atoms with Crippen molar-refractivity contribution >= 4 is 26.4 Å². The number of hydrogen-bond acceptors (Lipinski definition) is 4. The van der Waals surface area contributed by atoms with E-state index in [1.807, 2.05) is 30.3 Å². The molecule has 5 heteroatoms. The molecule has 0 spiro atoms. The highest BCUT2D eigenvalue weighted by molar-refractivity contribution is 7.92. The molecular weight excluding hydrogens is 260 g/mol. The summed E-state index contributed by atoms with van der Waals surface area (Å²) in [5.41, 5.74) is 1.87. The molecule has 1 aliphatic heterocycles. The van der Waals surface area contributed by atoms with Gasteiger partial charge in [0.15, 0.2) is 9.84 Å². The van der Waals surface area contributed by atoms with Gasteiger partial charge in [-0.25, -0.2) is 8.42 Å². The minimum absolute atomic E-state index is 0.251. The second kappa shape index (κ2) is 4.81. The van der Waals surface area contributed by atoms with Crippen LogP contribution < -0.4 is 5.32 Å². The fourth-order valence-electron chi connectivity index (χ4n) is 2.56. The summed E-state index contributed by atoms with van der Waals surface area (Å²) >= 11 is 0. The molecule has 1 aromatic carbocycles. The Morgan fingerprint density at radius 3 is 2.89 bits per heavy atom. The summed E-state index contributed by atoms with van der Waals surface area (Å²) in [6, 6.07) is 9.74. The first kappa shape index (κ1) is 12.4. The summed E-state index contributed by atoms with van der Waals surface area (Å²) < 4.78 is 23.6. The van der Waals surface area contributed by atoms with Gasteiger partial charge in [-0.2, -0.15) is 0 Å². The zero-order valence-electron chi connectivity index (χ0n) is 10.5. The standard InChI is InChI=1S/C14H16N2O2S/c17-19(18)9-3-4-11(19)10-16-14-7-8-15-13-6-2-1-5-12(13)14/h1-2,5-8,11H,3-4,9-10H2,(H,15,16). The Kier molecular flexibility index (Phi) is 3.14. The summed E-state index contributed by atoms with van der Waals surface area (Å²) in [6.07, 6.45) is 3.29. The maximum atomic E-state index is 11.8. The molecule has 1 N–H and O–H groups in total. The van der Waals surface area contributed by atoms with Gasteiger partial charge in [-0.3, -0.25) is 4.98 Å². The molecule has 1 atom stereocenters. The van der Waals surface area contributed by atoms with Crippen LogP contribution in [0.25, 0.3) is 10.9 Å². The molecule has 4 nitrogen and oxygen atoms in total. The van der Waals surface area contributed by atoms with Crippen molar-refractivity contribution in [2.45, 2.75) is 18.1 Å². The average molecular weight is 276 g/mol. The lowest BCUT2D eigenvalue weighted by Gasteiger charge is -2.13. The van der Waals surface area contributed by atoms with Gasteiger partial charge >= 0.3 is 0 Å².